The molecule has 0 amide bonds. The van der Waals surface area contributed by atoms with Crippen molar-refractivity contribution in [1.82, 2.24) is 15.0 Å². The molecule has 8 heteroatoms. The Hall–Kier alpha value is -2.64. The Morgan fingerprint density at radius 3 is 2.65 bits per heavy atom. The zero-order chi connectivity index (χ0) is 16.4. The molecule has 3 rings (SSSR count). The first kappa shape index (κ1) is 15.3. The van der Waals surface area contributed by atoms with E-state index in [0.29, 0.717) is 35.6 Å². The highest BCUT2D eigenvalue weighted by atomic mass is 19.4. The van der Waals surface area contributed by atoms with Crippen LogP contribution in [0, 0.1) is 5.82 Å². The van der Waals surface area contributed by atoms with Crippen molar-refractivity contribution in [3.63, 3.8) is 0 Å². The van der Waals surface area contributed by atoms with Gasteiger partial charge in [-0.25, -0.2) is 14.4 Å². The number of anilines is 1. The third kappa shape index (κ3) is 3.58. The van der Waals surface area contributed by atoms with Gasteiger partial charge in [0.2, 0.25) is 0 Å². The van der Waals surface area contributed by atoms with Gasteiger partial charge < -0.3 is 10.3 Å². The Morgan fingerprint density at radius 2 is 1.96 bits per heavy atom. The van der Waals surface area contributed by atoms with Crippen molar-refractivity contribution in [2.45, 2.75) is 12.6 Å². The molecule has 120 valence electrons. The van der Waals surface area contributed by atoms with E-state index in [1.165, 1.54) is 18.2 Å². The molecule has 0 radical (unpaired) electrons. The molecule has 0 aliphatic rings. The van der Waals surface area contributed by atoms with Gasteiger partial charge in [-0.15, -0.1) is 0 Å². The molecule has 23 heavy (non-hydrogen) atoms. The van der Waals surface area contributed by atoms with E-state index in [1.54, 1.807) is 6.07 Å². The number of hydrogen-bond donors (Lipinski definition) is 2. The number of nitrogens with zero attached hydrogens (tertiary/aromatic N) is 2. The lowest BCUT2D eigenvalue weighted by Crippen LogP contribution is -2.09. The molecule has 0 atom stereocenters. The summed E-state index contributed by atoms with van der Waals surface area (Å²) in [6.45, 7) is 0.431. The van der Waals surface area contributed by atoms with Crippen molar-refractivity contribution in [3.8, 4) is 0 Å². The van der Waals surface area contributed by atoms with Crippen LogP contribution in [0.5, 0.6) is 0 Å². The summed E-state index contributed by atoms with van der Waals surface area (Å²) in [5.41, 5.74) is 0.476. The third-order valence-corrected chi connectivity index (χ3v) is 3.25. The Morgan fingerprint density at radius 1 is 1.13 bits per heavy atom. The Balaban J connectivity index is 1.60. The number of imidazole rings is 1. The van der Waals surface area contributed by atoms with Crippen LogP contribution in [-0.2, 0) is 12.6 Å². The minimum absolute atomic E-state index is 0.347. The van der Waals surface area contributed by atoms with Crippen molar-refractivity contribution in [2.24, 2.45) is 0 Å². The highest BCUT2D eigenvalue weighted by molar-refractivity contribution is 5.74. The van der Waals surface area contributed by atoms with E-state index >= 15 is 0 Å². The topological polar surface area (TPSA) is 53.6 Å². The first-order valence-corrected chi connectivity index (χ1v) is 6.83. The first-order valence-electron chi connectivity index (χ1n) is 6.83. The standard InChI is InChI=1S/C15H12F4N4/c16-10-2-3-11-12(7-10)23-14(22-11)5-6-20-13-4-1-9(8-21-13)15(17,18)19/h1-4,7-8H,5-6H2,(H,20,21)(H,22,23). The van der Waals surface area contributed by atoms with Gasteiger partial charge in [0, 0.05) is 19.2 Å². The van der Waals surface area contributed by atoms with Crippen LogP contribution >= 0.6 is 0 Å². The van der Waals surface area contributed by atoms with Crippen molar-refractivity contribution in [3.05, 3.63) is 53.7 Å². The summed E-state index contributed by atoms with van der Waals surface area (Å²) in [4.78, 5) is 11.0. The average molecular weight is 324 g/mol. The van der Waals surface area contributed by atoms with Gasteiger partial charge in [0.25, 0.3) is 0 Å². The second-order valence-corrected chi connectivity index (χ2v) is 4.95. The molecule has 2 aromatic heterocycles. The van der Waals surface area contributed by atoms with Gasteiger partial charge in [0.15, 0.2) is 0 Å². The molecule has 2 heterocycles. The molecule has 4 nitrogen and oxygen atoms in total. The minimum atomic E-state index is -4.39. The minimum Gasteiger partial charge on any atom is -0.370 e. The molecule has 2 N–H and O–H groups in total. The molecule has 0 unspecified atom stereocenters. The SMILES string of the molecule is Fc1ccc2nc(CCNc3ccc(C(F)(F)F)cn3)[nH]c2c1. The van der Waals surface area contributed by atoms with Gasteiger partial charge in [-0.2, -0.15) is 13.2 Å². The fraction of sp³-hybridized carbons (Fsp3) is 0.200. The summed E-state index contributed by atoms with van der Waals surface area (Å²) < 4.78 is 50.4. The van der Waals surface area contributed by atoms with Gasteiger partial charge in [-0.05, 0) is 30.3 Å². The zero-order valence-corrected chi connectivity index (χ0v) is 11.8. The number of alkyl halides is 3. The number of hydrogen-bond acceptors (Lipinski definition) is 3. The molecule has 3 aromatic rings. The average Bonchev–Trinajstić information content (AvgIpc) is 2.88. The van der Waals surface area contributed by atoms with E-state index in [-0.39, 0.29) is 5.82 Å². The van der Waals surface area contributed by atoms with Gasteiger partial charge in [-0.3, -0.25) is 0 Å². The summed E-state index contributed by atoms with van der Waals surface area (Å²) in [5.74, 6) is 0.657. The number of nitrogens with one attached hydrogen (secondary N) is 2. The summed E-state index contributed by atoms with van der Waals surface area (Å²) >= 11 is 0. The second kappa shape index (κ2) is 5.86. The lowest BCUT2D eigenvalue weighted by molar-refractivity contribution is -0.137. The van der Waals surface area contributed by atoms with Crippen LogP contribution in [0.3, 0.4) is 0 Å². The first-order chi connectivity index (χ1) is 10.9. The second-order valence-electron chi connectivity index (χ2n) is 4.95. The number of fused-ring (bicyclic) bond motifs is 1. The summed E-state index contributed by atoms with van der Waals surface area (Å²) in [5, 5.41) is 2.91. The van der Waals surface area contributed by atoms with Gasteiger partial charge in [0.05, 0.1) is 16.6 Å². The number of benzene rings is 1. The van der Waals surface area contributed by atoms with E-state index in [0.717, 1.165) is 12.3 Å². The number of rotatable bonds is 4. The van der Waals surface area contributed by atoms with Gasteiger partial charge in [-0.1, -0.05) is 0 Å². The molecule has 0 aliphatic carbocycles. The van der Waals surface area contributed by atoms with Gasteiger partial charge in [0.1, 0.15) is 17.5 Å². The molecular weight excluding hydrogens is 312 g/mol. The Bertz CT molecular complexity index is 808. The van der Waals surface area contributed by atoms with E-state index in [9.17, 15) is 17.6 Å². The molecule has 0 saturated heterocycles. The summed E-state index contributed by atoms with van der Waals surface area (Å²) in [6, 6.07) is 6.51. The van der Waals surface area contributed by atoms with Crippen molar-refractivity contribution < 1.29 is 17.6 Å². The molecule has 0 aliphatic heterocycles. The maximum Gasteiger partial charge on any atom is 0.417 e. The maximum atomic E-state index is 13.1. The van der Waals surface area contributed by atoms with E-state index in [1.807, 2.05) is 0 Å². The van der Waals surface area contributed by atoms with Crippen LogP contribution in [-0.4, -0.2) is 21.5 Å². The van der Waals surface area contributed by atoms with Crippen LogP contribution in [0.4, 0.5) is 23.4 Å². The lowest BCUT2D eigenvalue weighted by Gasteiger charge is -2.08. The fourth-order valence-corrected chi connectivity index (χ4v) is 2.13. The van der Waals surface area contributed by atoms with Crippen molar-refractivity contribution in [2.75, 3.05) is 11.9 Å². The fourth-order valence-electron chi connectivity index (χ4n) is 2.13. The van der Waals surface area contributed by atoms with Gasteiger partial charge >= 0.3 is 6.18 Å². The zero-order valence-electron chi connectivity index (χ0n) is 11.8. The molecule has 0 fully saturated rings. The molecule has 0 bridgehead atoms. The number of aromatic amines is 1. The quantitative estimate of drug-likeness (QED) is 0.718. The predicted octanol–water partition coefficient (Wildman–Crippen LogP) is 3.77. The summed E-state index contributed by atoms with van der Waals surface area (Å²) in [6.07, 6.45) is -3.11. The number of aromatic nitrogens is 3. The van der Waals surface area contributed by atoms with E-state index in [2.05, 4.69) is 20.3 Å². The Labute approximate surface area is 128 Å². The van der Waals surface area contributed by atoms with Crippen LogP contribution in [0.15, 0.2) is 36.5 Å². The van der Waals surface area contributed by atoms with Crippen LogP contribution in [0.2, 0.25) is 0 Å². The Kier molecular flexibility index (Phi) is 3.89. The predicted molar refractivity (Wildman–Crippen MR) is 77.5 cm³/mol. The maximum absolute atomic E-state index is 13.1. The number of pyridine rings is 1. The monoisotopic (exact) mass is 324 g/mol. The normalized spacial score (nSPS) is 11.8. The smallest absolute Gasteiger partial charge is 0.370 e. The highest BCUT2D eigenvalue weighted by Gasteiger charge is 2.30. The molecular formula is C15H12F4N4. The largest absolute Gasteiger partial charge is 0.417 e. The van der Waals surface area contributed by atoms with Crippen molar-refractivity contribution in [1.29, 1.82) is 0 Å². The molecule has 0 spiro atoms. The van der Waals surface area contributed by atoms with Crippen molar-refractivity contribution >= 4 is 16.9 Å². The van der Waals surface area contributed by atoms with Crippen LogP contribution < -0.4 is 5.32 Å². The molecule has 1 aromatic carbocycles. The summed E-state index contributed by atoms with van der Waals surface area (Å²) in [7, 11) is 0. The van der Waals surface area contributed by atoms with E-state index < -0.39 is 11.7 Å². The number of halogens is 4. The molecule has 0 saturated carbocycles. The van der Waals surface area contributed by atoms with Crippen LogP contribution in [0.1, 0.15) is 11.4 Å². The number of H-pyrrole nitrogens is 1. The highest BCUT2D eigenvalue weighted by Crippen LogP contribution is 2.28. The lowest BCUT2D eigenvalue weighted by atomic mass is 10.3. The van der Waals surface area contributed by atoms with Crippen LogP contribution in [0.25, 0.3) is 11.0 Å². The third-order valence-electron chi connectivity index (χ3n) is 3.25. The van der Waals surface area contributed by atoms with E-state index in [4.69, 9.17) is 0 Å².